The number of anilines is 1. The first-order valence-corrected chi connectivity index (χ1v) is 7.77. The van der Waals surface area contributed by atoms with Crippen molar-refractivity contribution in [2.75, 3.05) is 5.01 Å². The molecule has 0 saturated heterocycles. The van der Waals surface area contributed by atoms with Crippen LogP contribution in [0.5, 0.6) is 0 Å². The number of hydrogen-bond donors (Lipinski definition) is 0. The minimum Gasteiger partial charge on any atom is -0.271 e. The molecule has 25 heavy (non-hydrogen) atoms. The van der Waals surface area contributed by atoms with Gasteiger partial charge in [0.2, 0.25) is 0 Å². The van der Waals surface area contributed by atoms with Crippen molar-refractivity contribution < 1.29 is 9.72 Å². The third-order valence-electron chi connectivity index (χ3n) is 3.68. The minimum absolute atomic E-state index is 0.0360. The zero-order chi connectivity index (χ0) is 18.0. The van der Waals surface area contributed by atoms with Gasteiger partial charge in [0.25, 0.3) is 11.6 Å². The molecule has 7 nitrogen and oxygen atoms in total. The number of nitrogens with zero attached hydrogens (tertiary/aromatic N) is 4. The molecule has 0 radical (unpaired) electrons. The Morgan fingerprint density at radius 3 is 2.68 bits per heavy atom. The van der Waals surface area contributed by atoms with Gasteiger partial charge in [0.05, 0.1) is 22.0 Å². The highest BCUT2D eigenvalue weighted by atomic mass is 35.5. The summed E-state index contributed by atoms with van der Waals surface area (Å²) >= 11 is 5.78. The summed E-state index contributed by atoms with van der Waals surface area (Å²) in [5, 5.41) is 16.6. The van der Waals surface area contributed by atoms with E-state index in [1.165, 1.54) is 23.4 Å². The molecule has 1 amide bonds. The number of hydrazone groups is 1. The van der Waals surface area contributed by atoms with E-state index >= 15 is 0 Å². The lowest BCUT2D eigenvalue weighted by Crippen LogP contribution is -2.27. The Labute approximate surface area is 148 Å². The Kier molecular flexibility index (Phi) is 4.58. The standard InChI is InChI=1S/C17H13ClN4O3/c1-11-14(17(23)21(20-11)13-5-3-2-4-6-13)10-19-12-7-8-15(18)16(9-12)22(24)25/h2-10,14H,1H3/t14-/m1/s1. The molecule has 2 aromatic rings. The van der Waals surface area contributed by atoms with Crippen LogP contribution in [0, 0.1) is 16.0 Å². The molecule has 126 valence electrons. The average Bonchev–Trinajstić information content (AvgIpc) is 2.89. The topological polar surface area (TPSA) is 88.2 Å². The predicted molar refractivity (Wildman–Crippen MR) is 96.8 cm³/mol. The Balaban J connectivity index is 1.83. The molecule has 0 unspecified atom stereocenters. The van der Waals surface area contributed by atoms with Crippen LogP contribution in [0.1, 0.15) is 6.92 Å². The summed E-state index contributed by atoms with van der Waals surface area (Å²) in [5.74, 6) is -0.842. The number of aliphatic imine (C=N–C) groups is 1. The Morgan fingerprint density at radius 2 is 2.00 bits per heavy atom. The monoisotopic (exact) mass is 356 g/mol. The molecule has 1 atom stereocenters. The molecule has 1 aliphatic heterocycles. The van der Waals surface area contributed by atoms with Crippen molar-refractivity contribution in [2.24, 2.45) is 16.0 Å². The molecule has 0 saturated carbocycles. The van der Waals surface area contributed by atoms with Gasteiger partial charge in [-0.1, -0.05) is 29.8 Å². The number of rotatable bonds is 4. The Morgan fingerprint density at radius 1 is 1.28 bits per heavy atom. The SMILES string of the molecule is CC1=NN(c2ccccc2)C(=O)[C@@H]1C=Nc1ccc(Cl)c([N+](=O)[O-])c1. The number of carbonyl (C=O) groups excluding carboxylic acids is 1. The zero-order valence-corrected chi connectivity index (χ0v) is 13.9. The first-order chi connectivity index (χ1) is 12.0. The second-order valence-corrected chi connectivity index (χ2v) is 5.78. The van der Waals surface area contributed by atoms with Crippen LogP contribution in [0.15, 0.2) is 58.6 Å². The van der Waals surface area contributed by atoms with Crippen molar-refractivity contribution in [1.29, 1.82) is 0 Å². The molecular formula is C17H13ClN4O3. The van der Waals surface area contributed by atoms with Crippen molar-refractivity contribution in [3.05, 3.63) is 63.7 Å². The highest BCUT2D eigenvalue weighted by Gasteiger charge is 2.33. The van der Waals surface area contributed by atoms with Gasteiger partial charge in [-0.15, -0.1) is 0 Å². The van der Waals surface area contributed by atoms with Gasteiger partial charge in [-0.05, 0) is 31.2 Å². The highest BCUT2D eigenvalue weighted by molar-refractivity contribution is 6.32. The van der Waals surface area contributed by atoms with E-state index in [2.05, 4.69) is 10.1 Å². The van der Waals surface area contributed by atoms with Gasteiger partial charge in [0.15, 0.2) is 0 Å². The van der Waals surface area contributed by atoms with E-state index in [1.54, 1.807) is 25.1 Å². The quantitative estimate of drug-likeness (QED) is 0.471. The van der Waals surface area contributed by atoms with Crippen LogP contribution < -0.4 is 5.01 Å². The molecule has 0 aromatic heterocycles. The maximum atomic E-state index is 12.6. The number of para-hydroxylation sites is 1. The van der Waals surface area contributed by atoms with Gasteiger partial charge in [-0.25, -0.2) is 0 Å². The van der Waals surface area contributed by atoms with Gasteiger partial charge in [-0.2, -0.15) is 10.1 Å². The van der Waals surface area contributed by atoms with Gasteiger partial charge in [0.1, 0.15) is 10.9 Å². The van der Waals surface area contributed by atoms with Crippen LogP contribution in [0.4, 0.5) is 17.1 Å². The zero-order valence-electron chi connectivity index (χ0n) is 13.2. The fraction of sp³-hybridized carbons (Fsp3) is 0.118. The molecular weight excluding hydrogens is 344 g/mol. The van der Waals surface area contributed by atoms with E-state index in [1.807, 2.05) is 18.2 Å². The molecule has 1 heterocycles. The van der Waals surface area contributed by atoms with E-state index < -0.39 is 10.8 Å². The van der Waals surface area contributed by atoms with Crippen molar-refractivity contribution in [3.8, 4) is 0 Å². The van der Waals surface area contributed by atoms with Gasteiger partial charge in [-0.3, -0.25) is 19.9 Å². The first-order valence-electron chi connectivity index (χ1n) is 7.39. The summed E-state index contributed by atoms with van der Waals surface area (Å²) in [7, 11) is 0. The molecule has 2 aromatic carbocycles. The summed E-state index contributed by atoms with van der Waals surface area (Å²) in [6, 6.07) is 13.3. The average molecular weight is 357 g/mol. The largest absolute Gasteiger partial charge is 0.290 e. The number of hydrogen-bond acceptors (Lipinski definition) is 5. The summed E-state index contributed by atoms with van der Waals surface area (Å²) in [4.78, 5) is 27.1. The van der Waals surface area contributed by atoms with Crippen molar-refractivity contribution >= 4 is 46.5 Å². The smallest absolute Gasteiger partial charge is 0.271 e. The Bertz CT molecular complexity index is 896. The molecule has 0 spiro atoms. The summed E-state index contributed by atoms with van der Waals surface area (Å²) < 4.78 is 0. The fourth-order valence-electron chi connectivity index (χ4n) is 2.39. The maximum Gasteiger partial charge on any atom is 0.290 e. The first kappa shape index (κ1) is 16.8. The van der Waals surface area contributed by atoms with E-state index in [-0.39, 0.29) is 16.6 Å². The van der Waals surface area contributed by atoms with Crippen LogP contribution in [-0.4, -0.2) is 22.8 Å². The van der Waals surface area contributed by atoms with E-state index in [4.69, 9.17) is 11.6 Å². The summed E-state index contributed by atoms with van der Waals surface area (Å²) in [5.41, 5.74) is 1.38. The molecule has 1 aliphatic rings. The van der Waals surface area contributed by atoms with Crippen LogP contribution in [-0.2, 0) is 4.79 Å². The molecule has 0 fully saturated rings. The lowest BCUT2D eigenvalue weighted by molar-refractivity contribution is -0.384. The van der Waals surface area contributed by atoms with Gasteiger partial charge in [0, 0.05) is 12.3 Å². The number of benzene rings is 2. The molecule has 0 bridgehead atoms. The second-order valence-electron chi connectivity index (χ2n) is 5.38. The number of carbonyl (C=O) groups is 1. The second kappa shape index (κ2) is 6.82. The third kappa shape index (κ3) is 3.41. The van der Waals surface area contributed by atoms with E-state index in [0.717, 1.165) is 0 Å². The number of halogens is 1. The summed E-state index contributed by atoms with van der Waals surface area (Å²) in [6.07, 6.45) is 1.44. The maximum absolute atomic E-state index is 12.6. The molecule has 8 heteroatoms. The van der Waals surface area contributed by atoms with Gasteiger partial charge >= 0.3 is 0 Å². The lowest BCUT2D eigenvalue weighted by atomic mass is 10.1. The third-order valence-corrected chi connectivity index (χ3v) is 4.00. The Hall–Kier alpha value is -3.06. The van der Waals surface area contributed by atoms with Crippen molar-refractivity contribution in [1.82, 2.24) is 0 Å². The van der Waals surface area contributed by atoms with Crippen LogP contribution in [0.25, 0.3) is 0 Å². The number of nitro benzene ring substituents is 1. The van der Waals surface area contributed by atoms with E-state index in [9.17, 15) is 14.9 Å². The molecule has 3 rings (SSSR count). The van der Waals surface area contributed by atoms with Crippen LogP contribution in [0.2, 0.25) is 5.02 Å². The normalized spacial score (nSPS) is 17.2. The van der Waals surface area contributed by atoms with Crippen molar-refractivity contribution in [2.45, 2.75) is 6.92 Å². The van der Waals surface area contributed by atoms with Gasteiger partial charge < -0.3 is 0 Å². The lowest BCUT2D eigenvalue weighted by Gasteiger charge is -2.12. The number of nitro groups is 1. The van der Waals surface area contributed by atoms with Crippen LogP contribution in [0.3, 0.4) is 0 Å². The highest BCUT2D eigenvalue weighted by Crippen LogP contribution is 2.29. The molecule has 0 aliphatic carbocycles. The minimum atomic E-state index is -0.616. The predicted octanol–water partition coefficient (Wildman–Crippen LogP) is 3.99. The molecule has 0 N–H and O–H groups in total. The van der Waals surface area contributed by atoms with Crippen LogP contribution >= 0.6 is 11.6 Å². The summed E-state index contributed by atoms with van der Waals surface area (Å²) in [6.45, 7) is 1.74. The fourth-order valence-corrected chi connectivity index (χ4v) is 2.57. The number of amides is 1. The van der Waals surface area contributed by atoms with E-state index in [0.29, 0.717) is 17.1 Å². The van der Waals surface area contributed by atoms with Crippen molar-refractivity contribution in [3.63, 3.8) is 0 Å².